The van der Waals surface area contributed by atoms with Crippen LogP contribution >= 0.6 is 11.6 Å². The zero-order valence-corrected chi connectivity index (χ0v) is 30.3. The number of esters is 1. The van der Waals surface area contributed by atoms with Gasteiger partial charge in [-0.25, -0.2) is 15.5 Å². The van der Waals surface area contributed by atoms with E-state index in [0.717, 1.165) is 16.0 Å². The molecule has 1 unspecified atom stereocenters. The van der Waals surface area contributed by atoms with Crippen LogP contribution in [0.15, 0.2) is 35.9 Å². The Hall–Kier alpha value is -3.73. The number of nitrogens with two attached hydrogens (primary N) is 1. The summed E-state index contributed by atoms with van der Waals surface area (Å²) in [6.45, 7) is 6.38. The van der Waals surface area contributed by atoms with Gasteiger partial charge >= 0.3 is 12.1 Å². The van der Waals surface area contributed by atoms with Crippen molar-refractivity contribution in [2.75, 3.05) is 39.8 Å². The molecule has 3 aliphatic heterocycles. The predicted molar refractivity (Wildman–Crippen MR) is 181 cm³/mol. The van der Waals surface area contributed by atoms with Crippen molar-refractivity contribution in [2.24, 2.45) is 11.8 Å². The van der Waals surface area contributed by atoms with E-state index in [4.69, 9.17) is 41.2 Å². The van der Waals surface area contributed by atoms with Crippen LogP contribution in [0.4, 0.5) is 10.5 Å². The first-order valence-electron chi connectivity index (χ1n) is 16.2. The van der Waals surface area contributed by atoms with E-state index in [1.807, 2.05) is 13.0 Å². The van der Waals surface area contributed by atoms with Crippen molar-refractivity contribution in [3.63, 3.8) is 0 Å². The fourth-order valence-corrected chi connectivity index (χ4v) is 6.70. The fourth-order valence-electron chi connectivity index (χ4n) is 6.39. The van der Waals surface area contributed by atoms with Gasteiger partial charge in [0, 0.05) is 33.5 Å². The molecule has 16 heteroatoms. The van der Waals surface area contributed by atoms with E-state index in [-0.39, 0.29) is 17.9 Å². The van der Waals surface area contributed by atoms with Gasteiger partial charge in [-0.05, 0) is 44.9 Å². The molecular weight excluding hydrogens is 676 g/mol. The molecule has 15 nitrogen and oxygen atoms in total. The zero-order chi connectivity index (χ0) is 37.1. The highest BCUT2D eigenvalue weighted by molar-refractivity contribution is 6.35. The number of alkyl carbamates (subject to hydrolysis) is 1. The third-order valence-electron chi connectivity index (χ3n) is 9.73. The van der Waals surface area contributed by atoms with Gasteiger partial charge in [-0.2, -0.15) is 0 Å². The van der Waals surface area contributed by atoms with Crippen molar-refractivity contribution in [3.8, 4) is 5.75 Å². The number of benzene rings is 1. The Kier molecular flexibility index (Phi) is 12.2. The summed E-state index contributed by atoms with van der Waals surface area (Å²) >= 11 is 6.72. The summed E-state index contributed by atoms with van der Waals surface area (Å²) in [6.07, 6.45) is 0.754. The molecule has 4 N–H and O–H groups in total. The largest absolute Gasteiger partial charge is 0.495 e. The van der Waals surface area contributed by atoms with Crippen molar-refractivity contribution < 1.29 is 52.8 Å². The lowest BCUT2D eigenvalue weighted by Gasteiger charge is -2.42. The van der Waals surface area contributed by atoms with E-state index in [2.05, 4.69) is 10.2 Å². The number of anilines is 1. The van der Waals surface area contributed by atoms with Crippen molar-refractivity contribution in [3.05, 3.63) is 46.5 Å². The molecule has 4 rings (SSSR count). The fraction of sp³-hybridized carbons (Fsp3) is 0.588. The number of epoxide rings is 1. The summed E-state index contributed by atoms with van der Waals surface area (Å²) in [5.74, 6) is 3.03. The first kappa shape index (κ1) is 39.1. The van der Waals surface area contributed by atoms with Gasteiger partial charge in [-0.15, -0.1) is 0 Å². The summed E-state index contributed by atoms with van der Waals surface area (Å²) in [4.78, 5) is 59.6. The summed E-state index contributed by atoms with van der Waals surface area (Å²) in [6, 6.07) is 2.47. The third-order valence-corrected chi connectivity index (χ3v) is 10.1. The number of nitrogens with zero attached hydrogens (tertiary/aromatic N) is 2. The highest BCUT2D eigenvalue weighted by Crippen LogP contribution is 2.49. The minimum absolute atomic E-state index is 0.0647. The number of rotatable bonds is 7. The average Bonchev–Trinajstić information content (AvgIpc) is 3.76. The molecule has 0 aliphatic carbocycles. The number of carbonyl (C=O) groups excluding carboxylic acids is 4. The molecule has 0 aromatic heterocycles. The van der Waals surface area contributed by atoms with Crippen LogP contribution in [0.3, 0.4) is 0 Å². The second kappa shape index (κ2) is 15.7. The molecule has 3 amide bonds. The third kappa shape index (κ3) is 8.24. The molecule has 1 aromatic rings. The van der Waals surface area contributed by atoms with E-state index < -0.39 is 78.2 Å². The Morgan fingerprint density at radius 3 is 2.62 bits per heavy atom. The molecule has 2 saturated heterocycles. The van der Waals surface area contributed by atoms with Crippen molar-refractivity contribution in [1.82, 2.24) is 10.2 Å². The Bertz CT molecular complexity index is 1540. The smallest absolute Gasteiger partial charge is 0.409 e. The molecule has 50 heavy (non-hydrogen) atoms. The molecule has 3 aliphatic rings. The topological polar surface area (TPSA) is 192 Å². The highest BCUT2D eigenvalue weighted by atomic mass is 35.5. The number of methoxy groups -OCH3 is 2. The first-order valence-corrected chi connectivity index (χ1v) is 16.5. The maximum Gasteiger partial charge on any atom is 0.409 e. The number of aliphatic hydroxyl groups is 1. The summed E-state index contributed by atoms with van der Waals surface area (Å²) in [5, 5.41) is 14.4. The number of likely N-dealkylation sites (N-methyl/N-ethyl adjacent to an activating group) is 1. The van der Waals surface area contributed by atoms with Gasteiger partial charge in [0.15, 0.2) is 5.72 Å². The number of fused-ring (bicyclic) bond motifs is 5. The number of nitrogens with one attached hydrogen (secondary N) is 1. The number of hydrogen-bond donors (Lipinski definition) is 3. The van der Waals surface area contributed by atoms with Gasteiger partial charge in [0.05, 0.1) is 25.3 Å². The second-order valence-corrected chi connectivity index (χ2v) is 13.6. The summed E-state index contributed by atoms with van der Waals surface area (Å²) in [5.41, 5.74) is -0.992. The molecule has 0 spiro atoms. The van der Waals surface area contributed by atoms with Gasteiger partial charge in [-0.1, -0.05) is 42.3 Å². The van der Waals surface area contributed by atoms with Crippen LogP contribution in [-0.4, -0.2) is 111 Å². The Morgan fingerprint density at radius 2 is 1.98 bits per heavy atom. The molecule has 0 saturated carbocycles. The van der Waals surface area contributed by atoms with E-state index in [9.17, 15) is 24.3 Å². The molecule has 3 heterocycles. The minimum Gasteiger partial charge on any atom is -0.495 e. The monoisotopic (exact) mass is 722 g/mol. The number of halogens is 1. The first-order chi connectivity index (χ1) is 23.5. The quantitative estimate of drug-likeness (QED) is 0.212. The van der Waals surface area contributed by atoms with Crippen LogP contribution in [0.25, 0.3) is 0 Å². The maximum atomic E-state index is 14.0. The molecule has 1 aromatic carbocycles. The van der Waals surface area contributed by atoms with Crippen LogP contribution < -0.4 is 20.9 Å². The number of hydrogen-bond acceptors (Lipinski definition) is 12. The molecule has 8 atom stereocenters. The predicted octanol–water partition coefficient (Wildman–Crippen LogP) is 2.40. The molecule has 276 valence electrons. The number of allylic oxidation sites excluding steroid dienone is 3. The molecule has 4 bridgehead atoms. The summed E-state index contributed by atoms with van der Waals surface area (Å²) in [7, 11) is 5.84. The van der Waals surface area contributed by atoms with Crippen LogP contribution in [0, 0.1) is 5.92 Å². The lowest BCUT2D eigenvalue weighted by atomic mass is 9.83. The van der Waals surface area contributed by atoms with Crippen LogP contribution in [0.5, 0.6) is 5.75 Å². The molecular formula is C34H47ClN4O11. The van der Waals surface area contributed by atoms with Gasteiger partial charge in [0.1, 0.15) is 47.3 Å². The van der Waals surface area contributed by atoms with Gasteiger partial charge < -0.3 is 38.6 Å². The van der Waals surface area contributed by atoms with Gasteiger partial charge in [-0.3, -0.25) is 19.7 Å². The summed E-state index contributed by atoms with van der Waals surface area (Å²) < 4.78 is 28.9. The number of ether oxygens (including phenoxy) is 5. The molecule has 0 radical (unpaired) electrons. The van der Waals surface area contributed by atoms with E-state index in [1.165, 1.54) is 33.1 Å². The standard InChI is InChI=1S/C34H47ClN4O11/c1-18-10-9-11-25(46-8)34(44)16-24(48-32(43)37-34)19(2)30-33(4,50-30)26(49-31(42)20(3)38(5)28(41)17-47-36)15-27(40)39(6)22-13-21(12-18)14-23(45-7)29(22)35/h9-11,13-14,19-20,24-26,30,44H,12,15-17,36H2,1-8H3,(H,37,43)/b11-9+,18-10+/t19-,20?,24+,25-,26+,30+,33+,34+/m1/s1. The van der Waals surface area contributed by atoms with Crippen LogP contribution in [-0.2, 0) is 44.6 Å². The number of carbonyl (C=O) groups is 4. The van der Waals surface area contributed by atoms with Gasteiger partial charge in [0.25, 0.3) is 5.91 Å². The molecule has 2 fully saturated rings. The van der Waals surface area contributed by atoms with Crippen molar-refractivity contribution >= 4 is 41.2 Å². The van der Waals surface area contributed by atoms with Gasteiger partial charge in [0.2, 0.25) is 5.91 Å². The van der Waals surface area contributed by atoms with Crippen LogP contribution in [0.2, 0.25) is 5.02 Å². The van der Waals surface area contributed by atoms with Crippen molar-refractivity contribution in [1.29, 1.82) is 0 Å². The van der Waals surface area contributed by atoms with E-state index >= 15 is 0 Å². The number of amides is 3. The van der Waals surface area contributed by atoms with Crippen LogP contribution in [0.1, 0.15) is 46.1 Å². The van der Waals surface area contributed by atoms with E-state index in [0.29, 0.717) is 17.9 Å². The minimum atomic E-state index is -1.84. The SMILES string of the molecule is COc1cc2cc(c1Cl)N(C)C(=O)C[C@H](OC(=O)C(C)N(C)C(=O)CON)[C@]1(C)O[C@H]1[C@H](C)[C@@H]1C[C@@](O)(NC(=O)O1)[C@H](OC)/C=C/C=C(\C)C2. The average molecular weight is 723 g/mol. The normalized spacial score (nSPS) is 32.3. The Morgan fingerprint density at radius 1 is 1.28 bits per heavy atom. The Balaban J connectivity index is 1.78. The van der Waals surface area contributed by atoms with E-state index in [1.54, 1.807) is 45.2 Å². The lowest BCUT2D eigenvalue weighted by molar-refractivity contribution is -0.162. The Labute approximate surface area is 296 Å². The second-order valence-electron chi connectivity index (χ2n) is 13.2. The zero-order valence-electron chi connectivity index (χ0n) is 29.6. The maximum absolute atomic E-state index is 14.0. The lowest BCUT2D eigenvalue weighted by Crippen LogP contribution is -2.63. The highest BCUT2D eigenvalue weighted by Gasteiger charge is 2.64. The van der Waals surface area contributed by atoms with Crippen molar-refractivity contribution in [2.45, 2.75) is 88.7 Å².